The van der Waals surface area contributed by atoms with Crippen LogP contribution in [0.4, 0.5) is 0 Å². The number of carbonyl (C=O) groups is 2. The maximum Gasteiger partial charge on any atom is 0.270 e. The number of hydrazone groups is 1. The molecule has 2 heterocycles. The van der Waals surface area contributed by atoms with E-state index in [1.807, 2.05) is 6.07 Å². The first-order chi connectivity index (χ1) is 11.6. The SMILES string of the molecule is CN(C(=O)C1=NN(CCO)C(=O)CC1)C1CCCc2cccnc21. The second-order valence-electron chi connectivity index (χ2n) is 6.16. The molecule has 2 amide bonds. The molecule has 1 aromatic heterocycles. The second-order valence-corrected chi connectivity index (χ2v) is 6.16. The Labute approximate surface area is 141 Å². The lowest BCUT2D eigenvalue weighted by Crippen LogP contribution is -2.42. The van der Waals surface area contributed by atoms with Gasteiger partial charge in [0.05, 0.1) is 24.9 Å². The van der Waals surface area contributed by atoms with E-state index in [1.54, 1.807) is 18.1 Å². The molecule has 1 aromatic rings. The molecule has 1 aliphatic heterocycles. The number of pyridine rings is 1. The summed E-state index contributed by atoms with van der Waals surface area (Å²) in [6.45, 7) is -0.0559. The van der Waals surface area contributed by atoms with Gasteiger partial charge in [0.15, 0.2) is 0 Å². The average Bonchev–Trinajstić information content (AvgIpc) is 2.62. The van der Waals surface area contributed by atoms with E-state index in [9.17, 15) is 9.59 Å². The van der Waals surface area contributed by atoms with E-state index in [2.05, 4.69) is 16.2 Å². The van der Waals surface area contributed by atoms with Crippen molar-refractivity contribution in [2.24, 2.45) is 5.10 Å². The third kappa shape index (κ3) is 3.17. The predicted molar refractivity (Wildman–Crippen MR) is 88.2 cm³/mol. The summed E-state index contributed by atoms with van der Waals surface area (Å²) in [4.78, 5) is 30.8. The number of hydrogen-bond donors (Lipinski definition) is 1. The van der Waals surface area contributed by atoms with E-state index in [1.165, 1.54) is 10.6 Å². The molecule has 2 aliphatic rings. The first-order valence-corrected chi connectivity index (χ1v) is 8.31. The van der Waals surface area contributed by atoms with Gasteiger partial charge < -0.3 is 10.0 Å². The summed E-state index contributed by atoms with van der Waals surface area (Å²) in [5, 5.41) is 14.4. The third-order valence-corrected chi connectivity index (χ3v) is 4.62. The van der Waals surface area contributed by atoms with Gasteiger partial charge >= 0.3 is 0 Å². The maximum atomic E-state index is 12.8. The summed E-state index contributed by atoms with van der Waals surface area (Å²) in [6, 6.07) is 3.92. The molecule has 0 saturated heterocycles. The van der Waals surface area contributed by atoms with Gasteiger partial charge in [-0.3, -0.25) is 14.6 Å². The monoisotopic (exact) mass is 330 g/mol. The molecular weight excluding hydrogens is 308 g/mol. The summed E-state index contributed by atoms with van der Waals surface area (Å²) in [5.74, 6) is -0.332. The van der Waals surface area contributed by atoms with Gasteiger partial charge in [-0.15, -0.1) is 0 Å². The molecule has 1 atom stereocenters. The topological polar surface area (TPSA) is 86.1 Å². The Bertz CT molecular complexity index is 674. The average molecular weight is 330 g/mol. The van der Waals surface area contributed by atoms with Crippen molar-refractivity contribution in [2.75, 3.05) is 20.2 Å². The molecule has 0 aromatic carbocycles. The molecule has 0 spiro atoms. The molecule has 3 rings (SSSR count). The Balaban J connectivity index is 1.80. The Morgan fingerprint density at radius 1 is 1.42 bits per heavy atom. The van der Waals surface area contributed by atoms with E-state index in [-0.39, 0.29) is 37.4 Å². The highest BCUT2D eigenvalue weighted by atomic mass is 16.3. The number of aliphatic hydroxyl groups excluding tert-OH is 1. The number of rotatable bonds is 4. The van der Waals surface area contributed by atoms with Gasteiger partial charge in [0.2, 0.25) is 5.91 Å². The van der Waals surface area contributed by atoms with Gasteiger partial charge in [-0.1, -0.05) is 6.07 Å². The molecule has 0 saturated carbocycles. The van der Waals surface area contributed by atoms with Gasteiger partial charge in [-0.2, -0.15) is 5.10 Å². The fraction of sp³-hybridized carbons (Fsp3) is 0.529. The molecule has 0 fully saturated rings. The van der Waals surface area contributed by atoms with Crippen LogP contribution in [-0.4, -0.2) is 57.7 Å². The highest BCUT2D eigenvalue weighted by Crippen LogP contribution is 2.32. The van der Waals surface area contributed by atoms with E-state index in [0.717, 1.165) is 25.0 Å². The minimum atomic E-state index is -0.174. The lowest BCUT2D eigenvalue weighted by Gasteiger charge is -2.33. The van der Waals surface area contributed by atoms with Crippen molar-refractivity contribution < 1.29 is 14.7 Å². The van der Waals surface area contributed by atoms with Crippen LogP contribution >= 0.6 is 0 Å². The number of hydrogen-bond acceptors (Lipinski definition) is 5. The van der Waals surface area contributed by atoms with Crippen LogP contribution in [-0.2, 0) is 16.0 Å². The van der Waals surface area contributed by atoms with Crippen molar-refractivity contribution in [3.63, 3.8) is 0 Å². The molecule has 7 heteroatoms. The zero-order chi connectivity index (χ0) is 17.1. The number of aromatic nitrogens is 1. The van der Waals surface area contributed by atoms with E-state index in [4.69, 9.17) is 5.11 Å². The first-order valence-electron chi connectivity index (χ1n) is 8.31. The van der Waals surface area contributed by atoms with Crippen molar-refractivity contribution in [1.29, 1.82) is 0 Å². The molecule has 1 N–H and O–H groups in total. The quantitative estimate of drug-likeness (QED) is 0.888. The van der Waals surface area contributed by atoms with Gasteiger partial charge in [-0.25, -0.2) is 5.01 Å². The molecule has 1 aliphatic carbocycles. The van der Waals surface area contributed by atoms with Crippen LogP contribution in [0.2, 0.25) is 0 Å². The van der Waals surface area contributed by atoms with Crippen molar-refractivity contribution in [3.8, 4) is 0 Å². The van der Waals surface area contributed by atoms with E-state index in [0.29, 0.717) is 12.1 Å². The minimum absolute atomic E-state index is 0.0610. The number of nitrogens with zero attached hydrogens (tertiary/aromatic N) is 4. The lowest BCUT2D eigenvalue weighted by molar-refractivity contribution is -0.132. The smallest absolute Gasteiger partial charge is 0.270 e. The van der Waals surface area contributed by atoms with Gasteiger partial charge in [0.25, 0.3) is 5.91 Å². The Hall–Kier alpha value is -2.28. The summed E-state index contributed by atoms with van der Waals surface area (Å²) < 4.78 is 0. The highest BCUT2D eigenvalue weighted by molar-refractivity contribution is 6.39. The zero-order valence-corrected chi connectivity index (χ0v) is 13.8. The number of β-amino-alcohol motifs (C(OH)–C–C–N with tert-alkyl or cyclic N) is 1. The van der Waals surface area contributed by atoms with E-state index >= 15 is 0 Å². The molecule has 128 valence electrons. The fourth-order valence-electron chi connectivity index (χ4n) is 3.33. The Kier molecular flexibility index (Phi) is 4.89. The Morgan fingerprint density at radius 3 is 3.04 bits per heavy atom. The molecule has 0 bridgehead atoms. The van der Waals surface area contributed by atoms with Crippen LogP contribution in [0.25, 0.3) is 0 Å². The molecule has 1 unspecified atom stereocenters. The van der Waals surface area contributed by atoms with Crippen LogP contribution in [0.3, 0.4) is 0 Å². The summed E-state index contributed by atoms with van der Waals surface area (Å²) in [5.41, 5.74) is 2.52. The van der Waals surface area contributed by atoms with Crippen molar-refractivity contribution in [1.82, 2.24) is 14.9 Å². The summed E-state index contributed by atoms with van der Waals surface area (Å²) in [7, 11) is 1.77. The van der Waals surface area contributed by atoms with Gasteiger partial charge in [0.1, 0.15) is 5.71 Å². The van der Waals surface area contributed by atoms with Crippen LogP contribution < -0.4 is 0 Å². The van der Waals surface area contributed by atoms with Crippen LogP contribution in [0, 0.1) is 0 Å². The minimum Gasteiger partial charge on any atom is -0.394 e. The largest absolute Gasteiger partial charge is 0.394 e. The Morgan fingerprint density at radius 2 is 2.25 bits per heavy atom. The van der Waals surface area contributed by atoms with E-state index < -0.39 is 0 Å². The molecule has 7 nitrogen and oxygen atoms in total. The zero-order valence-electron chi connectivity index (χ0n) is 13.8. The molecule has 0 radical (unpaired) electrons. The standard InChI is InChI=1S/C17H22N4O3/c1-20(14-6-2-4-12-5-3-9-18-16(12)14)17(24)13-7-8-15(23)21(19-13)10-11-22/h3,5,9,14,22H,2,4,6-8,10-11H2,1H3. The third-order valence-electron chi connectivity index (χ3n) is 4.62. The number of fused-ring (bicyclic) bond motifs is 1. The summed E-state index contributed by atoms with van der Waals surface area (Å²) >= 11 is 0. The maximum absolute atomic E-state index is 12.8. The number of aryl methyl sites for hydroxylation is 1. The highest BCUT2D eigenvalue weighted by Gasteiger charge is 2.32. The number of aliphatic hydroxyl groups is 1. The van der Waals surface area contributed by atoms with Crippen LogP contribution in [0.15, 0.2) is 23.4 Å². The fourth-order valence-corrected chi connectivity index (χ4v) is 3.33. The van der Waals surface area contributed by atoms with Crippen molar-refractivity contribution >= 4 is 17.5 Å². The summed E-state index contributed by atoms with van der Waals surface area (Å²) in [6.07, 6.45) is 5.22. The van der Waals surface area contributed by atoms with Gasteiger partial charge in [0, 0.05) is 26.1 Å². The second kappa shape index (κ2) is 7.09. The first kappa shape index (κ1) is 16.6. The van der Waals surface area contributed by atoms with Crippen LogP contribution in [0.5, 0.6) is 0 Å². The van der Waals surface area contributed by atoms with Crippen molar-refractivity contribution in [3.05, 3.63) is 29.6 Å². The van der Waals surface area contributed by atoms with Crippen molar-refractivity contribution in [2.45, 2.75) is 38.1 Å². The lowest BCUT2D eigenvalue weighted by atomic mass is 9.91. The number of carbonyl (C=O) groups excluding carboxylic acids is 2. The van der Waals surface area contributed by atoms with Crippen LogP contribution in [0.1, 0.15) is 43.0 Å². The molecule has 24 heavy (non-hydrogen) atoms. The predicted octanol–water partition coefficient (Wildman–Crippen LogP) is 0.888. The normalized spacial score (nSPS) is 20.4. The number of amides is 2. The molecular formula is C17H22N4O3. The van der Waals surface area contributed by atoms with Gasteiger partial charge in [-0.05, 0) is 30.9 Å².